The third kappa shape index (κ3) is 3.73. The maximum Gasteiger partial charge on any atom is 0.149 e. The highest BCUT2D eigenvalue weighted by molar-refractivity contribution is 6.32. The Morgan fingerprint density at radius 2 is 2.10 bits per heavy atom. The Labute approximate surface area is 127 Å². The number of nitrogens with one attached hydrogen (secondary N) is 2. The molecule has 1 aromatic heterocycles. The quantitative estimate of drug-likeness (QED) is 0.584. The predicted molar refractivity (Wildman–Crippen MR) is 86.0 cm³/mol. The summed E-state index contributed by atoms with van der Waals surface area (Å²) in [5.74, 6) is 1.09. The molecule has 2 rings (SSSR count). The maximum absolute atomic E-state index is 7.41. The number of pyridine rings is 1. The third-order valence-electron chi connectivity index (χ3n) is 2.68. The molecule has 0 aliphatic heterocycles. The fraction of sp³-hybridized carbons (Fsp3) is 0.0667. The molecule has 0 bridgehead atoms. The zero-order chi connectivity index (χ0) is 15.2. The van der Waals surface area contributed by atoms with Crippen molar-refractivity contribution in [2.45, 2.75) is 0 Å². The van der Waals surface area contributed by atoms with Crippen LogP contribution in [0.3, 0.4) is 0 Å². The lowest BCUT2D eigenvalue weighted by molar-refractivity contribution is 0.482. The standard InChI is InChI=1S/C15H15ClN4O/c1-19-8-10(7-17)14-6-15(13(16)9-20-14)21-12-4-2-11(18)3-5-12/h2-9,17,19H,18H2,1H3/b10-8+,17-7?. The summed E-state index contributed by atoms with van der Waals surface area (Å²) in [5.41, 5.74) is 7.51. The van der Waals surface area contributed by atoms with E-state index in [1.807, 2.05) is 0 Å². The monoisotopic (exact) mass is 302 g/mol. The molecule has 1 aromatic carbocycles. The van der Waals surface area contributed by atoms with Gasteiger partial charge in [0.1, 0.15) is 16.5 Å². The van der Waals surface area contributed by atoms with Gasteiger partial charge in [-0.2, -0.15) is 0 Å². The fourth-order valence-corrected chi connectivity index (χ4v) is 1.81. The van der Waals surface area contributed by atoms with E-state index in [1.54, 1.807) is 43.6 Å². The van der Waals surface area contributed by atoms with Gasteiger partial charge >= 0.3 is 0 Å². The summed E-state index contributed by atoms with van der Waals surface area (Å²) >= 11 is 6.10. The van der Waals surface area contributed by atoms with Gasteiger partial charge in [0.2, 0.25) is 0 Å². The largest absolute Gasteiger partial charge is 0.456 e. The lowest BCUT2D eigenvalue weighted by Gasteiger charge is -2.09. The molecule has 0 spiro atoms. The molecule has 0 saturated heterocycles. The Balaban J connectivity index is 2.33. The number of aromatic nitrogens is 1. The number of nitrogens with zero attached hydrogens (tertiary/aromatic N) is 1. The van der Waals surface area contributed by atoms with Crippen LogP contribution in [0.1, 0.15) is 5.69 Å². The summed E-state index contributed by atoms with van der Waals surface area (Å²) in [6, 6.07) is 8.69. The first-order valence-corrected chi connectivity index (χ1v) is 6.59. The Bertz CT molecular complexity index is 668. The van der Waals surface area contributed by atoms with Gasteiger partial charge in [-0.1, -0.05) is 11.6 Å². The number of nitrogens with two attached hydrogens (primary N) is 1. The predicted octanol–water partition coefficient (Wildman–Crippen LogP) is 3.32. The number of allylic oxidation sites excluding steroid dienone is 1. The van der Waals surface area contributed by atoms with Gasteiger partial charge in [0.25, 0.3) is 0 Å². The van der Waals surface area contributed by atoms with E-state index in [0.29, 0.717) is 33.5 Å². The van der Waals surface area contributed by atoms with E-state index < -0.39 is 0 Å². The van der Waals surface area contributed by atoms with E-state index in [4.69, 9.17) is 27.5 Å². The van der Waals surface area contributed by atoms with Crippen molar-refractivity contribution < 1.29 is 4.74 Å². The SMILES string of the molecule is CN/C=C(\C=N)c1cc(Oc2ccc(N)cc2)c(Cl)cn1. The molecular formula is C15H15ClN4O. The average Bonchev–Trinajstić information content (AvgIpc) is 2.49. The lowest BCUT2D eigenvalue weighted by atomic mass is 10.2. The van der Waals surface area contributed by atoms with E-state index in [2.05, 4.69) is 10.3 Å². The Kier molecular flexibility index (Phi) is 4.79. The minimum absolute atomic E-state index is 0.393. The second kappa shape index (κ2) is 6.76. The van der Waals surface area contributed by atoms with Crippen LogP contribution < -0.4 is 15.8 Å². The van der Waals surface area contributed by atoms with Crippen molar-refractivity contribution in [3.05, 3.63) is 53.4 Å². The lowest BCUT2D eigenvalue weighted by Crippen LogP contribution is -1.99. The highest BCUT2D eigenvalue weighted by Crippen LogP contribution is 2.30. The molecule has 0 unspecified atom stereocenters. The minimum Gasteiger partial charge on any atom is -0.456 e. The second-order valence-electron chi connectivity index (χ2n) is 4.20. The molecule has 0 fully saturated rings. The summed E-state index contributed by atoms with van der Waals surface area (Å²) in [7, 11) is 1.76. The van der Waals surface area contributed by atoms with Crippen LogP contribution >= 0.6 is 11.6 Å². The molecule has 108 valence electrons. The summed E-state index contributed by atoms with van der Waals surface area (Å²) in [6.45, 7) is 0. The van der Waals surface area contributed by atoms with Gasteiger partial charge in [-0.05, 0) is 24.3 Å². The molecule has 0 amide bonds. The zero-order valence-corrected chi connectivity index (χ0v) is 12.2. The van der Waals surface area contributed by atoms with E-state index in [0.717, 1.165) is 0 Å². The zero-order valence-electron chi connectivity index (χ0n) is 11.4. The second-order valence-corrected chi connectivity index (χ2v) is 4.61. The Morgan fingerprint density at radius 3 is 2.71 bits per heavy atom. The minimum atomic E-state index is 0.393. The van der Waals surface area contributed by atoms with Crippen molar-refractivity contribution in [3.8, 4) is 11.5 Å². The normalized spacial score (nSPS) is 11.0. The number of halogens is 1. The van der Waals surface area contributed by atoms with Crippen LogP contribution in [0.2, 0.25) is 5.02 Å². The van der Waals surface area contributed by atoms with Crippen LogP contribution in [-0.4, -0.2) is 18.2 Å². The van der Waals surface area contributed by atoms with E-state index in [1.165, 1.54) is 12.4 Å². The van der Waals surface area contributed by atoms with Crippen molar-refractivity contribution in [3.63, 3.8) is 0 Å². The van der Waals surface area contributed by atoms with Crippen LogP contribution in [0.5, 0.6) is 11.5 Å². The number of hydrogen-bond donors (Lipinski definition) is 3. The Hall–Kier alpha value is -2.53. The van der Waals surface area contributed by atoms with Gasteiger partial charge in [0.05, 0.1) is 5.69 Å². The van der Waals surface area contributed by atoms with Gasteiger partial charge in [-0.15, -0.1) is 0 Å². The van der Waals surface area contributed by atoms with E-state index in [-0.39, 0.29) is 0 Å². The molecule has 4 N–H and O–H groups in total. The number of anilines is 1. The summed E-state index contributed by atoms with van der Waals surface area (Å²) in [5, 5.41) is 10.7. The van der Waals surface area contributed by atoms with Gasteiger partial charge in [-0.25, -0.2) is 0 Å². The van der Waals surface area contributed by atoms with Gasteiger partial charge < -0.3 is 21.2 Å². The third-order valence-corrected chi connectivity index (χ3v) is 2.96. The maximum atomic E-state index is 7.41. The molecule has 0 radical (unpaired) electrons. The van der Waals surface area contributed by atoms with Crippen molar-refractivity contribution >= 4 is 29.1 Å². The van der Waals surface area contributed by atoms with Crippen LogP contribution in [0.25, 0.3) is 5.57 Å². The number of nitrogen functional groups attached to an aromatic ring is 1. The molecular weight excluding hydrogens is 288 g/mol. The van der Waals surface area contributed by atoms with Gasteiger partial charge in [0.15, 0.2) is 0 Å². The first-order valence-electron chi connectivity index (χ1n) is 6.21. The van der Waals surface area contributed by atoms with Crippen molar-refractivity contribution in [2.75, 3.05) is 12.8 Å². The summed E-state index contributed by atoms with van der Waals surface area (Å²) < 4.78 is 5.73. The topological polar surface area (TPSA) is 84.0 Å². The molecule has 2 aromatic rings. The van der Waals surface area contributed by atoms with Crippen LogP contribution in [0.4, 0.5) is 5.69 Å². The summed E-state index contributed by atoms with van der Waals surface area (Å²) in [4.78, 5) is 4.19. The highest BCUT2D eigenvalue weighted by atomic mass is 35.5. The number of benzene rings is 1. The first-order chi connectivity index (χ1) is 10.1. The Morgan fingerprint density at radius 1 is 1.38 bits per heavy atom. The van der Waals surface area contributed by atoms with Crippen LogP contribution in [0, 0.1) is 5.41 Å². The molecule has 5 nitrogen and oxygen atoms in total. The molecule has 21 heavy (non-hydrogen) atoms. The van der Waals surface area contributed by atoms with Crippen LogP contribution in [0.15, 0.2) is 42.7 Å². The molecule has 0 atom stereocenters. The van der Waals surface area contributed by atoms with Crippen molar-refractivity contribution in [2.24, 2.45) is 0 Å². The van der Waals surface area contributed by atoms with Gasteiger partial charge in [0, 0.05) is 43.0 Å². The number of ether oxygens (including phenoxy) is 1. The highest BCUT2D eigenvalue weighted by Gasteiger charge is 2.08. The molecule has 0 saturated carbocycles. The van der Waals surface area contributed by atoms with Crippen molar-refractivity contribution in [1.29, 1.82) is 5.41 Å². The first kappa shape index (κ1) is 14.9. The molecule has 1 heterocycles. The van der Waals surface area contributed by atoms with Gasteiger partial charge in [-0.3, -0.25) is 4.98 Å². The molecule has 0 aliphatic rings. The number of hydrogen-bond acceptors (Lipinski definition) is 5. The van der Waals surface area contributed by atoms with E-state index in [9.17, 15) is 0 Å². The number of rotatable bonds is 5. The summed E-state index contributed by atoms with van der Waals surface area (Å²) in [6.07, 6.45) is 4.38. The fourth-order valence-electron chi connectivity index (χ4n) is 1.66. The average molecular weight is 303 g/mol. The van der Waals surface area contributed by atoms with Crippen LogP contribution in [-0.2, 0) is 0 Å². The molecule has 0 aliphatic carbocycles. The molecule has 6 heteroatoms. The van der Waals surface area contributed by atoms with E-state index >= 15 is 0 Å². The smallest absolute Gasteiger partial charge is 0.149 e. The van der Waals surface area contributed by atoms with Crippen molar-refractivity contribution in [1.82, 2.24) is 10.3 Å².